The van der Waals surface area contributed by atoms with E-state index in [4.69, 9.17) is 17.3 Å². The predicted octanol–water partition coefficient (Wildman–Crippen LogP) is 3.11. The first kappa shape index (κ1) is 12.9. The summed E-state index contributed by atoms with van der Waals surface area (Å²) >= 11 is 6.11. The molecule has 94 valence electrons. The van der Waals surface area contributed by atoms with Crippen LogP contribution in [-0.2, 0) is 13.1 Å². The van der Waals surface area contributed by atoms with E-state index in [0.29, 0.717) is 13.1 Å². The number of rotatable bonds is 4. The van der Waals surface area contributed by atoms with Gasteiger partial charge in [0.1, 0.15) is 5.82 Å². The second-order valence-corrected chi connectivity index (χ2v) is 4.52. The molecule has 18 heavy (non-hydrogen) atoms. The second kappa shape index (κ2) is 5.85. The van der Waals surface area contributed by atoms with Crippen molar-refractivity contribution < 1.29 is 0 Å². The number of nitrogens with one attached hydrogen (secondary N) is 1. The Bertz CT molecular complexity index is 540. The zero-order valence-corrected chi connectivity index (χ0v) is 11.0. The van der Waals surface area contributed by atoms with E-state index in [2.05, 4.69) is 10.3 Å². The third-order valence-corrected chi connectivity index (χ3v) is 3.11. The lowest BCUT2D eigenvalue weighted by Crippen LogP contribution is -2.08. The summed E-state index contributed by atoms with van der Waals surface area (Å²) in [4.78, 5) is 4.45. The van der Waals surface area contributed by atoms with Crippen LogP contribution in [0.5, 0.6) is 0 Å². The fourth-order valence-electron chi connectivity index (χ4n) is 1.72. The summed E-state index contributed by atoms with van der Waals surface area (Å²) < 4.78 is 0. The highest BCUT2D eigenvalue weighted by atomic mass is 35.5. The lowest BCUT2D eigenvalue weighted by Gasteiger charge is -2.11. The van der Waals surface area contributed by atoms with E-state index in [-0.39, 0.29) is 0 Å². The van der Waals surface area contributed by atoms with Gasteiger partial charge in [-0.15, -0.1) is 0 Å². The van der Waals surface area contributed by atoms with Gasteiger partial charge >= 0.3 is 0 Å². The minimum Gasteiger partial charge on any atom is -0.366 e. The van der Waals surface area contributed by atoms with Gasteiger partial charge in [-0.2, -0.15) is 0 Å². The second-order valence-electron chi connectivity index (χ2n) is 4.11. The maximum atomic E-state index is 6.11. The molecule has 0 spiro atoms. The standard InChI is InChI=1S/C14H16ClN3/c1-10-6-7-11(8-16)14(18-10)17-9-12-4-2-3-5-13(12)15/h2-7H,8-9,16H2,1H3,(H,17,18). The highest BCUT2D eigenvalue weighted by molar-refractivity contribution is 6.31. The molecule has 1 aromatic heterocycles. The monoisotopic (exact) mass is 261 g/mol. The topological polar surface area (TPSA) is 50.9 Å². The number of pyridine rings is 1. The Morgan fingerprint density at radius 3 is 2.67 bits per heavy atom. The lowest BCUT2D eigenvalue weighted by atomic mass is 10.2. The Kier molecular flexibility index (Phi) is 4.18. The molecular formula is C14H16ClN3. The van der Waals surface area contributed by atoms with E-state index in [1.54, 1.807) is 0 Å². The Hall–Kier alpha value is -1.58. The number of anilines is 1. The number of hydrogen-bond donors (Lipinski definition) is 2. The van der Waals surface area contributed by atoms with Gasteiger partial charge in [-0.05, 0) is 24.6 Å². The van der Waals surface area contributed by atoms with E-state index < -0.39 is 0 Å². The molecule has 0 aliphatic carbocycles. The molecule has 0 aliphatic rings. The van der Waals surface area contributed by atoms with E-state index in [9.17, 15) is 0 Å². The highest BCUT2D eigenvalue weighted by Gasteiger charge is 2.04. The first-order chi connectivity index (χ1) is 8.70. The third-order valence-electron chi connectivity index (χ3n) is 2.74. The average Bonchev–Trinajstić information content (AvgIpc) is 2.38. The number of hydrogen-bond acceptors (Lipinski definition) is 3. The van der Waals surface area contributed by atoms with Gasteiger partial charge < -0.3 is 11.1 Å². The van der Waals surface area contributed by atoms with Crippen LogP contribution in [0.25, 0.3) is 0 Å². The van der Waals surface area contributed by atoms with Crippen molar-refractivity contribution in [1.82, 2.24) is 4.98 Å². The SMILES string of the molecule is Cc1ccc(CN)c(NCc2ccccc2Cl)n1. The normalized spacial score (nSPS) is 10.4. The van der Waals surface area contributed by atoms with Gasteiger partial charge in [-0.25, -0.2) is 4.98 Å². The summed E-state index contributed by atoms with van der Waals surface area (Å²) in [5.41, 5.74) is 8.71. The van der Waals surface area contributed by atoms with Gasteiger partial charge in [0.25, 0.3) is 0 Å². The van der Waals surface area contributed by atoms with E-state index in [1.807, 2.05) is 43.3 Å². The maximum absolute atomic E-state index is 6.11. The Morgan fingerprint density at radius 2 is 1.94 bits per heavy atom. The molecule has 3 nitrogen and oxygen atoms in total. The van der Waals surface area contributed by atoms with Crippen molar-refractivity contribution in [3.05, 3.63) is 58.2 Å². The maximum Gasteiger partial charge on any atom is 0.131 e. The summed E-state index contributed by atoms with van der Waals surface area (Å²) in [5.74, 6) is 0.831. The zero-order valence-electron chi connectivity index (χ0n) is 10.3. The number of benzene rings is 1. The molecule has 0 atom stereocenters. The minimum atomic E-state index is 0.470. The van der Waals surface area contributed by atoms with Crippen LogP contribution in [0.2, 0.25) is 5.02 Å². The molecule has 1 heterocycles. The van der Waals surface area contributed by atoms with Gasteiger partial charge in [0.05, 0.1) is 0 Å². The van der Waals surface area contributed by atoms with Crippen molar-refractivity contribution in [2.75, 3.05) is 5.32 Å². The van der Waals surface area contributed by atoms with Gasteiger partial charge in [0.15, 0.2) is 0 Å². The molecular weight excluding hydrogens is 246 g/mol. The van der Waals surface area contributed by atoms with E-state index in [1.165, 1.54) is 0 Å². The van der Waals surface area contributed by atoms with Gasteiger partial charge in [-0.3, -0.25) is 0 Å². The Labute approximate surface area is 112 Å². The lowest BCUT2D eigenvalue weighted by molar-refractivity contribution is 1.01. The molecule has 2 aromatic rings. The molecule has 0 saturated carbocycles. The van der Waals surface area contributed by atoms with Crippen LogP contribution in [0, 0.1) is 6.92 Å². The fourth-order valence-corrected chi connectivity index (χ4v) is 1.93. The van der Waals surface area contributed by atoms with Gasteiger partial charge in [0.2, 0.25) is 0 Å². The first-order valence-corrected chi connectivity index (χ1v) is 6.22. The molecule has 0 aliphatic heterocycles. The van der Waals surface area contributed by atoms with E-state index >= 15 is 0 Å². The van der Waals surface area contributed by atoms with Crippen LogP contribution in [0.4, 0.5) is 5.82 Å². The van der Waals surface area contributed by atoms with Crippen molar-refractivity contribution in [3.8, 4) is 0 Å². The summed E-state index contributed by atoms with van der Waals surface area (Å²) in [6.45, 7) is 3.07. The fraction of sp³-hybridized carbons (Fsp3) is 0.214. The molecule has 4 heteroatoms. The molecule has 0 bridgehead atoms. The van der Waals surface area contributed by atoms with Crippen LogP contribution in [-0.4, -0.2) is 4.98 Å². The zero-order chi connectivity index (χ0) is 13.0. The number of aryl methyl sites for hydroxylation is 1. The number of halogens is 1. The predicted molar refractivity (Wildman–Crippen MR) is 75.6 cm³/mol. The molecule has 0 fully saturated rings. The van der Waals surface area contributed by atoms with E-state index in [0.717, 1.165) is 27.7 Å². The van der Waals surface area contributed by atoms with Crippen molar-refractivity contribution in [2.24, 2.45) is 5.73 Å². The number of aromatic nitrogens is 1. The van der Waals surface area contributed by atoms with Crippen molar-refractivity contribution in [3.63, 3.8) is 0 Å². The van der Waals surface area contributed by atoms with Crippen LogP contribution >= 0.6 is 11.6 Å². The number of nitrogens with zero attached hydrogens (tertiary/aromatic N) is 1. The smallest absolute Gasteiger partial charge is 0.131 e. The van der Waals surface area contributed by atoms with Crippen LogP contribution < -0.4 is 11.1 Å². The highest BCUT2D eigenvalue weighted by Crippen LogP contribution is 2.18. The van der Waals surface area contributed by atoms with Crippen LogP contribution in [0.15, 0.2) is 36.4 Å². The third kappa shape index (κ3) is 3.00. The molecule has 1 aromatic carbocycles. The van der Waals surface area contributed by atoms with Crippen molar-refractivity contribution in [1.29, 1.82) is 0 Å². The minimum absolute atomic E-state index is 0.470. The summed E-state index contributed by atoms with van der Waals surface area (Å²) in [6.07, 6.45) is 0. The average molecular weight is 262 g/mol. The molecule has 3 N–H and O–H groups in total. The largest absolute Gasteiger partial charge is 0.366 e. The Balaban J connectivity index is 2.15. The summed E-state index contributed by atoms with van der Waals surface area (Å²) in [7, 11) is 0. The molecule has 2 rings (SSSR count). The summed E-state index contributed by atoms with van der Waals surface area (Å²) in [5, 5.41) is 4.04. The molecule has 0 amide bonds. The van der Waals surface area contributed by atoms with Crippen molar-refractivity contribution >= 4 is 17.4 Å². The quantitative estimate of drug-likeness (QED) is 0.889. The van der Waals surface area contributed by atoms with Gasteiger partial charge in [0, 0.05) is 29.4 Å². The van der Waals surface area contributed by atoms with Crippen molar-refractivity contribution in [2.45, 2.75) is 20.0 Å². The first-order valence-electron chi connectivity index (χ1n) is 5.84. The summed E-state index contributed by atoms with van der Waals surface area (Å²) in [6, 6.07) is 11.7. The number of nitrogens with two attached hydrogens (primary N) is 1. The molecule has 0 radical (unpaired) electrons. The van der Waals surface area contributed by atoms with Crippen LogP contribution in [0.3, 0.4) is 0 Å². The molecule has 0 saturated heterocycles. The van der Waals surface area contributed by atoms with Crippen LogP contribution in [0.1, 0.15) is 16.8 Å². The van der Waals surface area contributed by atoms with Gasteiger partial charge in [-0.1, -0.05) is 35.9 Å². The molecule has 0 unspecified atom stereocenters. The Morgan fingerprint density at radius 1 is 1.17 bits per heavy atom.